The van der Waals surface area contributed by atoms with Crippen LogP contribution in [0.5, 0.6) is 0 Å². The molecule has 2 heterocycles. The van der Waals surface area contributed by atoms with Crippen molar-refractivity contribution >= 4 is 49.0 Å². The Morgan fingerprint density at radius 2 is 0.950 bits per heavy atom. The minimum absolute atomic E-state index is 0.157. The van der Waals surface area contributed by atoms with E-state index >= 15 is 0 Å². The zero-order chi connectivity index (χ0) is 27.6. The molecule has 4 aromatic rings. The van der Waals surface area contributed by atoms with Crippen LogP contribution in [0.1, 0.15) is 13.3 Å². The minimum atomic E-state index is -2.45. The van der Waals surface area contributed by atoms with Crippen molar-refractivity contribution in [3.63, 3.8) is 0 Å². The lowest BCUT2D eigenvalue weighted by Crippen LogP contribution is -2.78. The fourth-order valence-electron chi connectivity index (χ4n) is 6.97. The first-order valence-electron chi connectivity index (χ1n) is 14.1. The number of hydrogen-bond donors (Lipinski definition) is 0. The molecule has 0 aromatic heterocycles. The van der Waals surface area contributed by atoms with Gasteiger partial charge < -0.3 is 4.23 Å². The summed E-state index contributed by atoms with van der Waals surface area (Å²) >= 11 is 0. The number of carbonyl (C=O) groups is 2. The maximum atomic E-state index is 12.7. The number of benzene rings is 4. The predicted molar refractivity (Wildman–Crippen MR) is 167 cm³/mol. The van der Waals surface area contributed by atoms with Crippen LogP contribution in [-0.2, 0) is 9.59 Å². The van der Waals surface area contributed by atoms with E-state index in [2.05, 4.69) is 126 Å². The molecule has 0 saturated carbocycles. The molecule has 0 radical (unpaired) electrons. The second kappa shape index (κ2) is 11.0. The van der Waals surface area contributed by atoms with Crippen LogP contribution in [0.15, 0.2) is 133 Å². The Hall–Kier alpha value is -3.85. The summed E-state index contributed by atoms with van der Waals surface area (Å²) in [5.41, 5.74) is 0.528. The molecule has 0 unspecified atom stereocenters. The van der Waals surface area contributed by atoms with Gasteiger partial charge in [-0.25, -0.2) is 0 Å². The highest BCUT2D eigenvalue weighted by Gasteiger charge is 2.60. The second-order valence-electron chi connectivity index (χ2n) is 10.8. The first-order chi connectivity index (χ1) is 19.6. The molecule has 0 bridgehead atoms. The summed E-state index contributed by atoms with van der Waals surface area (Å²) in [6, 6.07) is 46.7. The van der Waals surface area contributed by atoms with Crippen molar-refractivity contribution in [2.45, 2.75) is 25.4 Å². The molecular formula is C34H34N2O2Si2. The van der Waals surface area contributed by atoms with Crippen molar-refractivity contribution in [2.75, 3.05) is 13.1 Å². The number of amides is 2. The SMILES string of the molecule is CC1=CC(=O)N(CCCN2[Si](c3ccccc3)(c3ccccc3)CC[Si]2(c2ccccc2)c2ccccc2)C1=O. The third-order valence-corrected chi connectivity index (χ3v) is 20.9. The van der Waals surface area contributed by atoms with Gasteiger partial charge in [-0.05, 0) is 52.7 Å². The minimum Gasteiger partial charge on any atom is -0.331 e. The number of carbonyl (C=O) groups excluding carboxylic acids is 2. The first-order valence-corrected chi connectivity index (χ1v) is 18.4. The summed E-state index contributed by atoms with van der Waals surface area (Å²) in [4.78, 5) is 26.7. The molecule has 6 rings (SSSR count). The van der Waals surface area contributed by atoms with Crippen LogP contribution >= 0.6 is 0 Å². The van der Waals surface area contributed by atoms with E-state index in [0.29, 0.717) is 12.1 Å². The lowest BCUT2D eigenvalue weighted by molar-refractivity contribution is -0.137. The molecule has 1 saturated heterocycles. The average Bonchev–Trinajstić information content (AvgIpc) is 3.49. The van der Waals surface area contributed by atoms with Gasteiger partial charge in [0.25, 0.3) is 11.8 Å². The van der Waals surface area contributed by atoms with E-state index < -0.39 is 16.5 Å². The van der Waals surface area contributed by atoms with Crippen LogP contribution in [0, 0.1) is 0 Å². The number of nitrogens with zero attached hydrogens (tertiary/aromatic N) is 2. The molecular weight excluding hydrogens is 525 g/mol. The Bertz CT molecular complexity index is 1360. The van der Waals surface area contributed by atoms with Crippen LogP contribution in [-0.4, -0.2) is 50.5 Å². The Morgan fingerprint density at radius 1 is 0.575 bits per heavy atom. The standard InChI is InChI=1S/C34H34N2O2Si2/c1-28-27-33(37)35(34(28)38)23-14-24-36-39(29-15-6-2-7-16-29,30-17-8-3-9-18-30)25-26-40(36,31-19-10-4-11-20-31)32-21-12-5-13-22-32/h2-13,15-22,27H,14,23-26H2,1H3. The van der Waals surface area contributed by atoms with Gasteiger partial charge in [0.2, 0.25) is 0 Å². The third kappa shape index (κ3) is 4.33. The molecule has 0 atom stereocenters. The van der Waals surface area contributed by atoms with Crippen molar-refractivity contribution < 1.29 is 9.59 Å². The van der Waals surface area contributed by atoms with E-state index in [0.717, 1.165) is 25.1 Å². The van der Waals surface area contributed by atoms with Crippen LogP contribution in [0.4, 0.5) is 0 Å². The summed E-state index contributed by atoms with van der Waals surface area (Å²) in [6.45, 7) is 2.98. The molecule has 0 aliphatic carbocycles. The van der Waals surface area contributed by atoms with Gasteiger partial charge in [0.15, 0.2) is 16.5 Å². The quantitative estimate of drug-likeness (QED) is 0.246. The summed E-state index contributed by atoms with van der Waals surface area (Å²) < 4.78 is 2.95. The summed E-state index contributed by atoms with van der Waals surface area (Å²) in [6.07, 6.45) is 2.21. The summed E-state index contributed by atoms with van der Waals surface area (Å²) in [7, 11) is -4.89. The largest absolute Gasteiger partial charge is 0.331 e. The summed E-state index contributed by atoms with van der Waals surface area (Å²) in [5.74, 6) is -0.344. The molecule has 40 heavy (non-hydrogen) atoms. The van der Waals surface area contributed by atoms with Gasteiger partial charge >= 0.3 is 0 Å². The number of hydrogen-bond acceptors (Lipinski definition) is 3. The second-order valence-corrected chi connectivity index (χ2v) is 19.1. The van der Waals surface area contributed by atoms with Gasteiger partial charge in [0.1, 0.15) is 0 Å². The van der Waals surface area contributed by atoms with Crippen molar-refractivity contribution in [1.29, 1.82) is 0 Å². The highest BCUT2D eigenvalue weighted by Crippen LogP contribution is 2.37. The molecule has 6 heteroatoms. The summed E-state index contributed by atoms with van der Waals surface area (Å²) in [5, 5.41) is 5.70. The van der Waals surface area contributed by atoms with E-state index in [4.69, 9.17) is 0 Å². The molecule has 2 aliphatic heterocycles. The fraction of sp³-hybridized carbons (Fsp3) is 0.176. The van der Waals surface area contributed by atoms with E-state index in [-0.39, 0.29) is 11.8 Å². The van der Waals surface area contributed by atoms with Crippen LogP contribution in [0.2, 0.25) is 12.1 Å². The number of rotatable bonds is 8. The lowest BCUT2D eigenvalue weighted by atomic mass is 10.3. The van der Waals surface area contributed by atoms with Gasteiger partial charge in [-0.3, -0.25) is 14.5 Å². The van der Waals surface area contributed by atoms with Gasteiger partial charge in [-0.1, -0.05) is 121 Å². The van der Waals surface area contributed by atoms with E-state index in [1.54, 1.807) is 6.92 Å². The topological polar surface area (TPSA) is 40.6 Å². The van der Waals surface area contributed by atoms with Gasteiger partial charge in [0.05, 0.1) is 0 Å². The Balaban J connectivity index is 1.53. The van der Waals surface area contributed by atoms with Crippen LogP contribution < -0.4 is 20.7 Å². The van der Waals surface area contributed by atoms with Crippen molar-refractivity contribution in [1.82, 2.24) is 9.13 Å². The maximum absolute atomic E-state index is 12.7. The molecule has 4 aromatic carbocycles. The maximum Gasteiger partial charge on any atom is 0.256 e. The molecule has 0 N–H and O–H groups in total. The molecule has 2 aliphatic rings. The monoisotopic (exact) mass is 558 g/mol. The van der Waals surface area contributed by atoms with Gasteiger partial charge in [-0.2, -0.15) is 0 Å². The Labute approximate surface area is 238 Å². The van der Waals surface area contributed by atoms with Crippen LogP contribution in [0.3, 0.4) is 0 Å². The molecule has 200 valence electrons. The Kier molecular flexibility index (Phi) is 7.23. The molecule has 4 nitrogen and oxygen atoms in total. The number of imide groups is 1. The molecule has 0 spiro atoms. The van der Waals surface area contributed by atoms with Crippen molar-refractivity contribution in [2.24, 2.45) is 0 Å². The van der Waals surface area contributed by atoms with Crippen molar-refractivity contribution in [3.05, 3.63) is 133 Å². The normalized spacial score (nSPS) is 18.2. The fourth-order valence-corrected chi connectivity index (χ4v) is 22.3. The van der Waals surface area contributed by atoms with E-state index in [1.807, 2.05) is 0 Å². The highest BCUT2D eigenvalue weighted by atomic mass is 28.4. The third-order valence-electron chi connectivity index (χ3n) is 8.73. The Morgan fingerprint density at radius 3 is 1.27 bits per heavy atom. The van der Waals surface area contributed by atoms with Crippen molar-refractivity contribution in [3.8, 4) is 0 Å². The average molecular weight is 559 g/mol. The molecule has 1 fully saturated rings. The zero-order valence-electron chi connectivity index (χ0n) is 22.9. The first kappa shape index (κ1) is 26.4. The van der Waals surface area contributed by atoms with Gasteiger partial charge in [-0.15, -0.1) is 0 Å². The zero-order valence-corrected chi connectivity index (χ0v) is 24.9. The van der Waals surface area contributed by atoms with E-state index in [1.165, 1.54) is 31.7 Å². The van der Waals surface area contributed by atoms with E-state index in [9.17, 15) is 9.59 Å². The predicted octanol–water partition coefficient (Wildman–Crippen LogP) is 3.53. The smallest absolute Gasteiger partial charge is 0.256 e. The van der Waals surface area contributed by atoms with Gasteiger partial charge in [0, 0.05) is 18.2 Å². The highest BCUT2D eigenvalue weighted by molar-refractivity contribution is 7.17. The van der Waals surface area contributed by atoms with Crippen LogP contribution in [0.25, 0.3) is 0 Å². The lowest BCUT2D eigenvalue weighted by Gasteiger charge is -2.47. The molecule has 2 amide bonds.